The van der Waals surface area contributed by atoms with E-state index < -0.39 is 0 Å². The van der Waals surface area contributed by atoms with E-state index in [-0.39, 0.29) is 23.9 Å². The molecule has 200 valence electrons. The molecular formula is C30H29BrClN5OS. The van der Waals surface area contributed by atoms with Crippen LogP contribution in [0, 0.1) is 19.8 Å². The number of thiocarbonyl (C=S) groups is 1. The van der Waals surface area contributed by atoms with Crippen LogP contribution in [0.1, 0.15) is 48.6 Å². The molecule has 1 fully saturated rings. The molecule has 9 heteroatoms. The van der Waals surface area contributed by atoms with Crippen LogP contribution in [-0.4, -0.2) is 20.6 Å². The zero-order chi connectivity index (χ0) is 27.8. The van der Waals surface area contributed by atoms with Crippen LogP contribution in [0.25, 0.3) is 5.69 Å². The number of hydrogen-bond acceptors (Lipinski definition) is 3. The molecule has 2 aromatic heterocycles. The minimum atomic E-state index is -0.188. The van der Waals surface area contributed by atoms with Crippen LogP contribution in [0.15, 0.2) is 77.4 Å². The first-order valence-electron chi connectivity index (χ1n) is 12.7. The van der Waals surface area contributed by atoms with Gasteiger partial charge < -0.3 is 20.1 Å². The third kappa shape index (κ3) is 5.33. The predicted octanol–water partition coefficient (Wildman–Crippen LogP) is 7.68. The topological polar surface area (TPSA) is 62.2 Å². The molecule has 5 rings (SSSR count). The van der Waals surface area contributed by atoms with E-state index >= 15 is 0 Å². The lowest BCUT2D eigenvalue weighted by molar-refractivity contribution is -0.118. The number of hydrogen-bond donors (Lipinski definition) is 2. The van der Waals surface area contributed by atoms with Gasteiger partial charge in [0.1, 0.15) is 0 Å². The molecule has 0 aliphatic carbocycles. The summed E-state index contributed by atoms with van der Waals surface area (Å²) in [4.78, 5) is 19.1. The van der Waals surface area contributed by atoms with Gasteiger partial charge in [0.05, 0.1) is 28.5 Å². The number of halogens is 2. The standard InChI is InChI=1S/C30H29BrClN5OS/c1-17(2)29(38)34-25-12-11-22(16-24(25)32)37-28(27(35-30(37)39)26-10-5-6-13-33-26)23-14-18(3)36(19(23)4)21-9-7-8-20(31)15-21/h5-17,27-28H,1-4H3,(H,34,38)(H,35,39)/t27-,28-/m1/s1. The fraction of sp³-hybridized carbons (Fsp3) is 0.233. The Morgan fingerprint density at radius 3 is 2.54 bits per heavy atom. The molecule has 1 aliphatic heterocycles. The van der Waals surface area contributed by atoms with Gasteiger partial charge in [-0.1, -0.05) is 53.5 Å². The molecule has 3 heterocycles. The summed E-state index contributed by atoms with van der Waals surface area (Å²) in [7, 11) is 0. The van der Waals surface area contributed by atoms with Crippen LogP contribution < -0.4 is 15.5 Å². The number of benzene rings is 2. The molecule has 0 radical (unpaired) electrons. The van der Waals surface area contributed by atoms with Crippen molar-refractivity contribution in [3.63, 3.8) is 0 Å². The largest absolute Gasteiger partial charge is 0.351 e. The maximum absolute atomic E-state index is 12.3. The fourth-order valence-corrected chi connectivity index (χ4v) is 6.04. The van der Waals surface area contributed by atoms with Gasteiger partial charge in [0.15, 0.2) is 5.11 Å². The van der Waals surface area contributed by atoms with E-state index in [0.717, 1.165) is 38.5 Å². The summed E-state index contributed by atoms with van der Waals surface area (Å²) in [6, 6.07) is 21.7. The molecule has 0 saturated carbocycles. The Hall–Kier alpha value is -3.20. The smallest absolute Gasteiger partial charge is 0.226 e. The van der Waals surface area contributed by atoms with Gasteiger partial charge >= 0.3 is 0 Å². The molecule has 1 aliphatic rings. The number of nitrogens with zero attached hydrogens (tertiary/aromatic N) is 3. The number of rotatable bonds is 6. The van der Waals surface area contributed by atoms with Crippen LogP contribution >= 0.6 is 39.7 Å². The molecule has 0 spiro atoms. The van der Waals surface area contributed by atoms with Crippen molar-refractivity contribution in [2.45, 2.75) is 39.8 Å². The average molecular weight is 623 g/mol. The molecular weight excluding hydrogens is 594 g/mol. The molecule has 4 aromatic rings. The number of pyridine rings is 1. The van der Waals surface area contributed by atoms with Gasteiger partial charge in [-0.2, -0.15) is 0 Å². The minimum absolute atomic E-state index is 0.0870. The van der Waals surface area contributed by atoms with Gasteiger partial charge in [-0.3, -0.25) is 9.78 Å². The highest BCUT2D eigenvalue weighted by Gasteiger charge is 2.42. The summed E-state index contributed by atoms with van der Waals surface area (Å²) in [5, 5.41) is 7.45. The molecule has 6 nitrogen and oxygen atoms in total. The number of aryl methyl sites for hydroxylation is 1. The van der Waals surface area contributed by atoms with Gasteiger partial charge in [0.2, 0.25) is 5.91 Å². The van der Waals surface area contributed by atoms with Crippen LogP contribution in [0.2, 0.25) is 5.02 Å². The quantitative estimate of drug-likeness (QED) is 0.216. The first kappa shape index (κ1) is 27.4. The van der Waals surface area contributed by atoms with E-state index in [1.807, 2.05) is 62.4 Å². The molecule has 1 amide bonds. The van der Waals surface area contributed by atoms with E-state index in [2.05, 4.69) is 73.1 Å². The summed E-state index contributed by atoms with van der Waals surface area (Å²) in [5.74, 6) is -0.240. The lowest BCUT2D eigenvalue weighted by Crippen LogP contribution is -2.29. The highest BCUT2D eigenvalue weighted by molar-refractivity contribution is 9.10. The first-order valence-corrected chi connectivity index (χ1v) is 14.3. The number of amides is 1. The van der Waals surface area contributed by atoms with Crippen molar-refractivity contribution in [1.29, 1.82) is 0 Å². The Bertz CT molecular complexity index is 1550. The van der Waals surface area contributed by atoms with Crippen molar-refractivity contribution >= 4 is 62.1 Å². The van der Waals surface area contributed by atoms with Crippen molar-refractivity contribution in [3.8, 4) is 5.69 Å². The second-order valence-electron chi connectivity index (χ2n) is 9.95. The van der Waals surface area contributed by atoms with Crippen molar-refractivity contribution in [2.75, 3.05) is 10.2 Å². The van der Waals surface area contributed by atoms with E-state index in [4.69, 9.17) is 23.8 Å². The van der Waals surface area contributed by atoms with Gasteiger partial charge in [-0.25, -0.2) is 0 Å². The predicted molar refractivity (Wildman–Crippen MR) is 166 cm³/mol. The van der Waals surface area contributed by atoms with Crippen LogP contribution in [-0.2, 0) is 4.79 Å². The molecule has 2 aromatic carbocycles. The lowest BCUT2D eigenvalue weighted by Gasteiger charge is -2.28. The molecule has 0 unspecified atom stereocenters. The van der Waals surface area contributed by atoms with E-state index in [1.165, 1.54) is 0 Å². The van der Waals surface area contributed by atoms with Crippen molar-refractivity contribution in [3.05, 3.63) is 105 Å². The number of anilines is 2. The second-order valence-corrected chi connectivity index (χ2v) is 11.7. The summed E-state index contributed by atoms with van der Waals surface area (Å²) >= 11 is 16.2. The summed E-state index contributed by atoms with van der Waals surface area (Å²) in [5.41, 5.74) is 6.73. The number of carbonyl (C=O) groups excluding carboxylic acids is 1. The SMILES string of the molecule is Cc1cc([C@@H]2[C@@H](c3ccccn3)NC(=S)N2c2ccc(NC(=O)C(C)C)c(Cl)c2)c(C)n1-c1cccc(Br)c1. The number of aromatic nitrogens is 2. The monoisotopic (exact) mass is 621 g/mol. The van der Waals surface area contributed by atoms with E-state index in [0.29, 0.717) is 15.8 Å². The number of nitrogens with one attached hydrogen (secondary N) is 2. The summed E-state index contributed by atoms with van der Waals surface area (Å²) in [6.07, 6.45) is 1.80. The molecule has 0 bridgehead atoms. The van der Waals surface area contributed by atoms with Gasteiger partial charge in [0, 0.05) is 39.4 Å². The number of carbonyl (C=O) groups is 1. The third-order valence-corrected chi connectivity index (χ3v) is 8.09. The Morgan fingerprint density at radius 2 is 1.87 bits per heavy atom. The summed E-state index contributed by atoms with van der Waals surface area (Å²) in [6.45, 7) is 7.94. The first-order chi connectivity index (χ1) is 18.7. The highest BCUT2D eigenvalue weighted by atomic mass is 79.9. The van der Waals surface area contributed by atoms with Crippen molar-refractivity contribution < 1.29 is 4.79 Å². The maximum Gasteiger partial charge on any atom is 0.226 e. The Kier molecular flexibility index (Phi) is 7.80. The molecule has 1 saturated heterocycles. The van der Waals surface area contributed by atoms with Gasteiger partial charge in [-0.15, -0.1) is 0 Å². The molecule has 39 heavy (non-hydrogen) atoms. The maximum atomic E-state index is 12.3. The van der Waals surface area contributed by atoms with Crippen LogP contribution in [0.4, 0.5) is 11.4 Å². The zero-order valence-corrected chi connectivity index (χ0v) is 25.2. The van der Waals surface area contributed by atoms with Crippen molar-refractivity contribution in [1.82, 2.24) is 14.9 Å². The van der Waals surface area contributed by atoms with E-state index in [9.17, 15) is 4.79 Å². The van der Waals surface area contributed by atoms with Gasteiger partial charge in [0.25, 0.3) is 0 Å². The third-order valence-electron chi connectivity index (χ3n) is 6.97. The normalized spacial score (nSPS) is 17.0. The fourth-order valence-electron chi connectivity index (χ4n) is 5.08. The van der Waals surface area contributed by atoms with Crippen LogP contribution in [0.3, 0.4) is 0 Å². The van der Waals surface area contributed by atoms with Gasteiger partial charge in [-0.05, 0) is 86.2 Å². The summed E-state index contributed by atoms with van der Waals surface area (Å²) < 4.78 is 3.28. The minimum Gasteiger partial charge on any atom is -0.351 e. The lowest BCUT2D eigenvalue weighted by atomic mass is 9.96. The van der Waals surface area contributed by atoms with Crippen molar-refractivity contribution in [2.24, 2.45) is 5.92 Å². The average Bonchev–Trinajstić information content (AvgIpc) is 3.40. The molecule has 2 N–H and O–H groups in total. The molecule has 2 atom stereocenters. The zero-order valence-electron chi connectivity index (χ0n) is 22.1. The Balaban J connectivity index is 1.62. The Morgan fingerprint density at radius 1 is 1.08 bits per heavy atom. The highest BCUT2D eigenvalue weighted by Crippen LogP contribution is 2.44. The Labute approximate surface area is 247 Å². The van der Waals surface area contributed by atoms with E-state index in [1.54, 1.807) is 6.20 Å². The van der Waals surface area contributed by atoms with Crippen LogP contribution in [0.5, 0.6) is 0 Å². The second kappa shape index (κ2) is 11.1.